The predicted molar refractivity (Wildman–Crippen MR) is 385 cm³/mol. The Hall–Kier alpha value is -10.3. The van der Waals surface area contributed by atoms with Gasteiger partial charge in [0.1, 0.15) is 24.7 Å². The van der Waals surface area contributed by atoms with E-state index in [4.69, 9.17) is 29.4 Å². The van der Waals surface area contributed by atoms with E-state index in [9.17, 15) is 0 Å². The Labute approximate surface area is 538 Å². The second-order valence-corrected chi connectivity index (χ2v) is 28.8. The lowest BCUT2D eigenvalue weighted by Crippen LogP contribution is -2.16. The molecule has 0 aliphatic carbocycles. The first-order chi connectivity index (χ1) is 44.0. The van der Waals surface area contributed by atoms with E-state index < -0.39 is 0 Å². The van der Waals surface area contributed by atoms with Gasteiger partial charge in [-0.1, -0.05) is 144 Å². The fraction of sp³-hybridized carbons (Fsp3) is 0.220. The fourth-order valence-corrected chi connectivity index (χ4v) is 12.4. The molecular weight excluding hydrogens is 1130 g/mol. The maximum Gasteiger partial charge on any atom is 0.122 e. The Balaban J connectivity index is 0.752. The van der Waals surface area contributed by atoms with Crippen LogP contribution in [0.5, 0.6) is 11.5 Å². The molecule has 4 aliphatic rings. The van der Waals surface area contributed by atoms with Crippen molar-refractivity contribution in [1.29, 1.82) is 0 Å². The van der Waals surface area contributed by atoms with Crippen molar-refractivity contribution in [3.05, 3.63) is 226 Å². The number of hydrogen-bond acceptors (Lipinski definition) is 6. The van der Waals surface area contributed by atoms with Crippen LogP contribution in [0.4, 0.5) is 0 Å². The molecule has 0 fully saturated rings. The lowest BCUT2D eigenvalue weighted by Gasteiger charge is -2.26. The van der Waals surface area contributed by atoms with Crippen molar-refractivity contribution < 1.29 is 9.47 Å². The van der Waals surface area contributed by atoms with Gasteiger partial charge in [0.05, 0.1) is 45.6 Å². The molecule has 92 heavy (non-hydrogen) atoms. The van der Waals surface area contributed by atoms with E-state index in [-0.39, 0.29) is 21.7 Å². The van der Waals surface area contributed by atoms with Crippen LogP contribution in [0.15, 0.2) is 158 Å². The zero-order valence-corrected chi connectivity index (χ0v) is 54.6. The second kappa shape index (κ2) is 22.9. The van der Waals surface area contributed by atoms with Crippen molar-refractivity contribution in [2.75, 3.05) is 13.2 Å². The molecule has 0 amide bonds. The molecule has 14 rings (SSSR count). The molecule has 0 spiro atoms. The maximum absolute atomic E-state index is 6.49. The summed E-state index contributed by atoms with van der Waals surface area (Å²) in [4.78, 5) is 36.0. The summed E-state index contributed by atoms with van der Waals surface area (Å²) < 4.78 is 13.0. The first kappa shape index (κ1) is 59.3. The molecule has 0 saturated heterocycles. The molecule has 4 aromatic carbocycles. The summed E-state index contributed by atoms with van der Waals surface area (Å²) in [6, 6.07) is 56.0. The average Bonchev–Trinajstić information content (AvgIpc) is 1.52. The Morgan fingerprint density at radius 1 is 0.283 bits per heavy atom. The van der Waals surface area contributed by atoms with Crippen LogP contribution < -0.4 is 9.47 Å². The third-order valence-corrected chi connectivity index (χ3v) is 17.6. The van der Waals surface area contributed by atoms with Gasteiger partial charge in [0, 0.05) is 66.4 Å². The molecular formula is C82H78N8O2. The Morgan fingerprint density at radius 2 is 0.554 bits per heavy atom. The van der Waals surface area contributed by atoms with Gasteiger partial charge in [-0.2, -0.15) is 0 Å². The van der Waals surface area contributed by atoms with Crippen LogP contribution in [0.1, 0.15) is 151 Å². The molecule has 0 atom stereocenters. The standard InChI is InChI=1S/C82H78N8O2/c1-79(2,3)53-37-51(38-54(43-53)80(4,5)6)77-71-31-23-61(87-71)45-57-19-27-67(83-57)75(68-28-20-58(84-68)46-62-24-32-72(77)88-62)49-15-13-17-65(41-49)91-35-36-92-66-18-14-16-50(42-66)76-69-29-21-59(85-69)47-63-25-33-73(89-63)78(74-34-26-64(90-74)48-60-22-30-70(76)86-60)52-39-55(81(7,8)9)44-56(40-52)82(10,11)12/h13-34,37-48,83,85,88,90H,35-36H2,1-12H3. The number of nitrogens with zero attached hydrogens (tertiary/aromatic N) is 4. The van der Waals surface area contributed by atoms with Gasteiger partial charge in [0.2, 0.25) is 0 Å². The molecule has 16 bridgehead atoms. The van der Waals surface area contributed by atoms with E-state index in [1.54, 1.807) is 0 Å². The number of aromatic nitrogens is 8. The number of benzene rings is 4. The zero-order chi connectivity index (χ0) is 63.8. The van der Waals surface area contributed by atoms with Crippen molar-refractivity contribution in [3.8, 4) is 56.0 Å². The monoisotopic (exact) mass is 1210 g/mol. The number of hydrogen-bond donors (Lipinski definition) is 4. The summed E-state index contributed by atoms with van der Waals surface area (Å²) in [5.41, 5.74) is 27.7. The Kier molecular flexibility index (Phi) is 14.7. The largest absolute Gasteiger partial charge is 0.490 e. The van der Waals surface area contributed by atoms with Crippen molar-refractivity contribution in [1.82, 2.24) is 39.9 Å². The first-order valence-corrected chi connectivity index (χ1v) is 32.0. The normalized spacial score (nSPS) is 13.1. The lowest BCUT2D eigenvalue weighted by atomic mass is 9.78. The van der Waals surface area contributed by atoms with E-state index in [0.717, 1.165) is 146 Å². The van der Waals surface area contributed by atoms with Gasteiger partial charge in [-0.3, -0.25) is 0 Å². The quantitative estimate of drug-likeness (QED) is 0.106. The topological polar surface area (TPSA) is 133 Å². The minimum absolute atomic E-state index is 0.0460. The molecule has 10 heteroatoms. The van der Waals surface area contributed by atoms with Crippen molar-refractivity contribution in [3.63, 3.8) is 0 Å². The summed E-state index contributed by atoms with van der Waals surface area (Å²) in [5, 5.41) is 0. The molecule has 458 valence electrons. The third kappa shape index (κ3) is 12.2. The molecule has 10 nitrogen and oxygen atoms in total. The van der Waals surface area contributed by atoms with Crippen LogP contribution >= 0.6 is 0 Å². The van der Waals surface area contributed by atoms with Gasteiger partial charge in [-0.25, -0.2) is 19.9 Å². The van der Waals surface area contributed by atoms with Gasteiger partial charge in [-0.05, 0) is 212 Å². The number of nitrogens with one attached hydrogen (secondary N) is 4. The smallest absolute Gasteiger partial charge is 0.122 e. The highest BCUT2D eigenvalue weighted by Gasteiger charge is 2.26. The van der Waals surface area contributed by atoms with Crippen LogP contribution in [0.2, 0.25) is 0 Å². The van der Waals surface area contributed by atoms with Gasteiger partial charge >= 0.3 is 0 Å². The lowest BCUT2D eigenvalue weighted by molar-refractivity contribution is 0.217. The van der Waals surface area contributed by atoms with Crippen molar-refractivity contribution in [2.45, 2.75) is 105 Å². The number of H-pyrrole nitrogens is 4. The Bertz CT molecular complexity index is 4720. The number of ether oxygens (including phenoxy) is 2. The number of fused-ring (bicyclic) bond motifs is 16. The van der Waals surface area contributed by atoms with Gasteiger partial charge < -0.3 is 29.4 Å². The highest BCUT2D eigenvalue weighted by atomic mass is 16.5. The molecule has 6 aromatic heterocycles. The van der Waals surface area contributed by atoms with Gasteiger partial charge in [0.25, 0.3) is 0 Å². The highest BCUT2D eigenvalue weighted by Crippen LogP contribution is 2.41. The summed E-state index contributed by atoms with van der Waals surface area (Å²) in [6.45, 7) is 28.0. The minimum Gasteiger partial charge on any atom is -0.490 e. The van der Waals surface area contributed by atoms with Crippen LogP contribution in [0.3, 0.4) is 0 Å². The SMILES string of the molecule is CC(C)(C)c1cc(-c2c3nc(cc4ccc([nH]4)c(-c4cccc(OCCOc5cccc(-c6c7nc(cc8ccc([nH]8)c(-c8cc(C(C)(C)C)cc(C(C)(C)C)c8)c8nc(cc9ccc6[nH]9)C=C8)C=C7)c5)c4)c4nc(cc5ccc2[nH]5)C=C4)C=C3)cc(C(C)(C)C)c1. The van der Waals surface area contributed by atoms with E-state index in [0.29, 0.717) is 13.2 Å². The van der Waals surface area contributed by atoms with Crippen molar-refractivity contribution in [2.24, 2.45) is 0 Å². The van der Waals surface area contributed by atoms with Crippen LogP contribution in [-0.2, 0) is 21.7 Å². The Morgan fingerprint density at radius 3 is 0.826 bits per heavy atom. The predicted octanol–water partition coefficient (Wildman–Crippen LogP) is 20.9. The molecule has 10 heterocycles. The van der Waals surface area contributed by atoms with E-state index >= 15 is 0 Å². The first-order valence-electron chi connectivity index (χ1n) is 32.0. The number of rotatable bonds is 9. The summed E-state index contributed by atoms with van der Waals surface area (Å²) in [7, 11) is 0. The third-order valence-electron chi connectivity index (χ3n) is 17.6. The average molecular weight is 1210 g/mol. The van der Waals surface area contributed by atoms with Crippen LogP contribution in [0, 0.1) is 0 Å². The number of aromatic amines is 4. The van der Waals surface area contributed by atoms with Gasteiger partial charge in [-0.15, -0.1) is 0 Å². The molecule has 0 unspecified atom stereocenters. The second-order valence-electron chi connectivity index (χ2n) is 28.8. The van der Waals surface area contributed by atoms with Crippen LogP contribution in [0.25, 0.3) is 137 Å². The molecule has 0 saturated carbocycles. The van der Waals surface area contributed by atoms with Crippen molar-refractivity contribution >= 4 is 92.7 Å². The fourth-order valence-electron chi connectivity index (χ4n) is 12.4. The summed E-state index contributed by atoms with van der Waals surface area (Å²) in [6.07, 6.45) is 16.8. The molecule has 4 aliphatic heterocycles. The van der Waals surface area contributed by atoms with E-state index in [1.165, 1.54) is 22.3 Å². The molecule has 4 N–H and O–H groups in total. The molecule has 10 aromatic rings. The molecule has 0 radical (unpaired) electrons. The minimum atomic E-state index is -0.0460. The van der Waals surface area contributed by atoms with Crippen LogP contribution in [-0.4, -0.2) is 53.1 Å². The summed E-state index contributed by atoms with van der Waals surface area (Å²) in [5.74, 6) is 1.44. The highest BCUT2D eigenvalue weighted by molar-refractivity contribution is 5.96. The summed E-state index contributed by atoms with van der Waals surface area (Å²) >= 11 is 0. The maximum atomic E-state index is 6.49. The van der Waals surface area contributed by atoms with Gasteiger partial charge in [0.15, 0.2) is 0 Å². The van der Waals surface area contributed by atoms with E-state index in [1.807, 2.05) is 24.3 Å². The zero-order valence-electron chi connectivity index (χ0n) is 54.6. The van der Waals surface area contributed by atoms with E-state index in [2.05, 4.69) is 285 Å².